The van der Waals surface area contributed by atoms with E-state index in [9.17, 15) is 4.39 Å². The maximum Gasteiger partial charge on any atom is 0.170 e. The van der Waals surface area contributed by atoms with E-state index in [1.807, 2.05) is 19.0 Å². The molecule has 1 rings (SSSR count). The summed E-state index contributed by atoms with van der Waals surface area (Å²) in [6, 6.07) is 4.15. The molecule has 17 heavy (non-hydrogen) atoms. The van der Waals surface area contributed by atoms with Gasteiger partial charge in [0.05, 0.1) is 0 Å². The fraction of sp³-hybridized carbons (Fsp3) is 0.364. The highest BCUT2D eigenvalue weighted by Gasteiger charge is 2.07. The molecule has 0 atom stereocenters. The van der Waals surface area contributed by atoms with Crippen LogP contribution in [-0.2, 0) is 0 Å². The Bertz CT molecular complexity index is 408. The van der Waals surface area contributed by atoms with Crippen LogP contribution in [0.1, 0.15) is 5.56 Å². The fourth-order valence-corrected chi connectivity index (χ4v) is 1.17. The first kappa shape index (κ1) is 13.2. The maximum absolute atomic E-state index is 13.5. The molecule has 0 fully saturated rings. The highest BCUT2D eigenvalue weighted by Crippen LogP contribution is 2.18. The molecule has 0 bridgehead atoms. The van der Waals surface area contributed by atoms with Crippen molar-refractivity contribution in [3.05, 3.63) is 29.6 Å². The second-order valence-corrected chi connectivity index (χ2v) is 3.78. The third-order valence-electron chi connectivity index (χ3n) is 2.13. The lowest BCUT2D eigenvalue weighted by atomic mass is 10.2. The van der Waals surface area contributed by atoms with Crippen LogP contribution < -0.4 is 10.5 Å². The average Bonchev–Trinajstić information content (AvgIpc) is 2.29. The number of nitrogens with two attached hydrogens (primary N) is 1. The molecule has 0 aliphatic heterocycles. The lowest BCUT2D eigenvalue weighted by molar-refractivity contribution is 0.252. The molecule has 1 aromatic carbocycles. The zero-order valence-electron chi connectivity index (χ0n) is 9.85. The molecule has 6 heteroatoms. The Kier molecular flexibility index (Phi) is 4.71. The number of oxime groups is 1. The third kappa shape index (κ3) is 3.92. The number of amidine groups is 1. The van der Waals surface area contributed by atoms with Crippen molar-refractivity contribution in [1.29, 1.82) is 0 Å². The molecule has 0 spiro atoms. The minimum Gasteiger partial charge on any atom is -0.489 e. The van der Waals surface area contributed by atoms with Crippen molar-refractivity contribution in [2.24, 2.45) is 10.9 Å². The quantitative estimate of drug-likeness (QED) is 0.347. The minimum atomic E-state index is -0.534. The minimum absolute atomic E-state index is 0.135. The van der Waals surface area contributed by atoms with E-state index in [2.05, 4.69) is 5.16 Å². The second kappa shape index (κ2) is 6.05. The van der Waals surface area contributed by atoms with Crippen LogP contribution in [0.4, 0.5) is 4.39 Å². The first-order chi connectivity index (χ1) is 8.04. The van der Waals surface area contributed by atoms with Crippen LogP contribution in [0.3, 0.4) is 0 Å². The van der Waals surface area contributed by atoms with Gasteiger partial charge in [0.25, 0.3) is 0 Å². The molecule has 0 saturated heterocycles. The van der Waals surface area contributed by atoms with Gasteiger partial charge in [-0.1, -0.05) is 5.16 Å². The predicted octanol–water partition coefficient (Wildman–Crippen LogP) is 0.861. The number of nitrogens with zero attached hydrogens (tertiary/aromatic N) is 2. The Balaban J connectivity index is 2.70. The molecular formula is C11H16FN3O2. The summed E-state index contributed by atoms with van der Waals surface area (Å²) in [6.45, 7) is 1.09. The normalized spacial score (nSPS) is 11.9. The summed E-state index contributed by atoms with van der Waals surface area (Å²) in [5, 5.41) is 11.2. The molecule has 0 aliphatic carbocycles. The number of hydrogen-bond acceptors (Lipinski definition) is 4. The van der Waals surface area contributed by atoms with Gasteiger partial charge < -0.3 is 20.6 Å². The number of ether oxygens (including phenoxy) is 1. The van der Waals surface area contributed by atoms with Crippen LogP contribution in [0.5, 0.6) is 5.75 Å². The molecule has 0 amide bonds. The third-order valence-corrected chi connectivity index (χ3v) is 2.13. The summed E-state index contributed by atoms with van der Waals surface area (Å²) in [6.07, 6.45) is 0. The van der Waals surface area contributed by atoms with Crippen molar-refractivity contribution in [3.8, 4) is 5.75 Å². The van der Waals surface area contributed by atoms with Gasteiger partial charge in [-0.25, -0.2) is 4.39 Å². The molecule has 94 valence electrons. The van der Waals surface area contributed by atoms with Gasteiger partial charge in [-0.3, -0.25) is 0 Å². The lowest BCUT2D eigenvalue weighted by Gasteiger charge is -2.11. The first-order valence-electron chi connectivity index (χ1n) is 5.09. The topological polar surface area (TPSA) is 71.1 Å². The molecule has 1 aromatic rings. The van der Waals surface area contributed by atoms with Crippen LogP contribution in [0, 0.1) is 5.82 Å². The Morgan fingerprint density at radius 2 is 2.24 bits per heavy atom. The van der Waals surface area contributed by atoms with Gasteiger partial charge in [0.1, 0.15) is 6.61 Å². The Hall–Kier alpha value is -1.82. The predicted molar refractivity (Wildman–Crippen MR) is 63.0 cm³/mol. The second-order valence-electron chi connectivity index (χ2n) is 3.78. The molecule has 5 nitrogen and oxygen atoms in total. The monoisotopic (exact) mass is 241 g/mol. The van der Waals surface area contributed by atoms with E-state index < -0.39 is 5.82 Å². The van der Waals surface area contributed by atoms with E-state index >= 15 is 0 Å². The van der Waals surface area contributed by atoms with Crippen LogP contribution in [-0.4, -0.2) is 43.2 Å². The van der Waals surface area contributed by atoms with Crippen molar-refractivity contribution in [1.82, 2.24) is 4.90 Å². The summed E-state index contributed by atoms with van der Waals surface area (Å²) in [7, 11) is 3.81. The van der Waals surface area contributed by atoms with Crippen molar-refractivity contribution in [3.63, 3.8) is 0 Å². The van der Waals surface area contributed by atoms with Crippen molar-refractivity contribution < 1.29 is 14.3 Å². The molecule has 3 N–H and O–H groups in total. The van der Waals surface area contributed by atoms with E-state index in [1.54, 1.807) is 0 Å². The first-order valence-corrected chi connectivity index (χ1v) is 5.09. The van der Waals surface area contributed by atoms with Gasteiger partial charge in [0, 0.05) is 12.1 Å². The van der Waals surface area contributed by atoms with Crippen LogP contribution >= 0.6 is 0 Å². The van der Waals surface area contributed by atoms with Crippen molar-refractivity contribution >= 4 is 5.84 Å². The van der Waals surface area contributed by atoms with Gasteiger partial charge in [0.2, 0.25) is 0 Å². The van der Waals surface area contributed by atoms with E-state index in [0.717, 1.165) is 0 Å². The zero-order chi connectivity index (χ0) is 12.8. The smallest absolute Gasteiger partial charge is 0.170 e. The van der Waals surface area contributed by atoms with Crippen molar-refractivity contribution in [2.75, 3.05) is 27.2 Å². The Morgan fingerprint density at radius 1 is 1.53 bits per heavy atom. The molecule has 0 radical (unpaired) electrons. The lowest BCUT2D eigenvalue weighted by Crippen LogP contribution is -2.20. The molecular weight excluding hydrogens is 225 g/mol. The molecule has 0 unspecified atom stereocenters. The van der Waals surface area contributed by atoms with E-state index in [-0.39, 0.29) is 11.6 Å². The molecule has 0 heterocycles. The summed E-state index contributed by atoms with van der Waals surface area (Å²) < 4.78 is 18.8. The number of halogens is 1. The molecule has 0 saturated carbocycles. The highest BCUT2D eigenvalue weighted by molar-refractivity contribution is 5.97. The highest BCUT2D eigenvalue weighted by atomic mass is 19.1. The van der Waals surface area contributed by atoms with E-state index in [0.29, 0.717) is 18.7 Å². The van der Waals surface area contributed by atoms with E-state index in [4.69, 9.17) is 15.7 Å². The van der Waals surface area contributed by atoms with Crippen molar-refractivity contribution in [2.45, 2.75) is 0 Å². The number of benzene rings is 1. The van der Waals surface area contributed by atoms with Gasteiger partial charge in [-0.05, 0) is 32.3 Å². The summed E-state index contributed by atoms with van der Waals surface area (Å²) in [5.74, 6) is -0.516. The zero-order valence-corrected chi connectivity index (χ0v) is 9.85. The van der Waals surface area contributed by atoms with Crippen LogP contribution in [0.2, 0.25) is 0 Å². The average molecular weight is 241 g/mol. The standard InChI is InChI=1S/C11H16FN3O2/c1-15(2)5-6-17-10-4-3-8(7-9(10)12)11(13)14-16/h3-4,7,16H,5-6H2,1-2H3,(H2,13,14). The van der Waals surface area contributed by atoms with E-state index in [1.165, 1.54) is 18.2 Å². The number of rotatable bonds is 5. The Morgan fingerprint density at radius 3 is 2.76 bits per heavy atom. The van der Waals surface area contributed by atoms with Gasteiger partial charge >= 0.3 is 0 Å². The number of hydrogen-bond donors (Lipinski definition) is 2. The van der Waals surface area contributed by atoms with Gasteiger partial charge in [-0.2, -0.15) is 0 Å². The van der Waals surface area contributed by atoms with Crippen LogP contribution in [0.15, 0.2) is 23.4 Å². The largest absolute Gasteiger partial charge is 0.489 e. The fourth-order valence-electron chi connectivity index (χ4n) is 1.17. The maximum atomic E-state index is 13.5. The molecule has 0 aliphatic rings. The summed E-state index contributed by atoms with van der Waals surface area (Å²) in [4.78, 5) is 1.93. The summed E-state index contributed by atoms with van der Waals surface area (Å²) in [5.41, 5.74) is 5.65. The summed E-state index contributed by atoms with van der Waals surface area (Å²) >= 11 is 0. The molecule has 0 aromatic heterocycles. The van der Waals surface area contributed by atoms with Gasteiger partial charge in [-0.15, -0.1) is 0 Å². The SMILES string of the molecule is CN(C)CCOc1ccc(/C(N)=N/O)cc1F. The Labute approximate surface area is 99.3 Å². The number of likely N-dealkylation sites (N-methyl/N-ethyl adjacent to an activating group) is 1. The van der Waals surface area contributed by atoms with Gasteiger partial charge in [0.15, 0.2) is 17.4 Å². The van der Waals surface area contributed by atoms with Crippen LogP contribution in [0.25, 0.3) is 0 Å².